The first-order chi connectivity index (χ1) is 18.4. The Hall–Kier alpha value is -2.63. The monoisotopic (exact) mass is 571 g/mol. The van der Waals surface area contributed by atoms with Crippen LogP contribution in [0.2, 0.25) is 0 Å². The second-order valence-electron chi connectivity index (χ2n) is 11.7. The Morgan fingerprint density at radius 2 is 1.95 bits per heavy atom. The van der Waals surface area contributed by atoms with E-state index in [0.29, 0.717) is 29.1 Å². The molecule has 6 rings (SSSR count). The van der Waals surface area contributed by atoms with Crippen LogP contribution in [0.5, 0.6) is 11.5 Å². The number of carbonyl (C=O) groups is 1. The van der Waals surface area contributed by atoms with Crippen molar-refractivity contribution in [1.29, 1.82) is 0 Å². The van der Waals surface area contributed by atoms with Gasteiger partial charge in [-0.3, -0.25) is 9.78 Å². The van der Waals surface area contributed by atoms with Crippen LogP contribution in [-0.2, 0) is 31.7 Å². The highest BCUT2D eigenvalue weighted by Crippen LogP contribution is 2.91. The van der Waals surface area contributed by atoms with Crippen molar-refractivity contribution < 1.29 is 27.2 Å². The molecule has 39 heavy (non-hydrogen) atoms. The molecule has 3 unspecified atom stereocenters. The summed E-state index contributed by atoms with van der Waals surface area (Å²) in [6.45, 7) is 7.77. The highest BCUT2D eigenvalue weighted by atomic mass is 32.2. The van der Waals surface area contributed by atoms with Crippen molar-refractivity contribution in [2.75, 3.05) is 20.0 Å². The van der Waals surface area contributed by atoms with Gasteiger partial charge in [-0.1, -0.05) is 13.8 Å². The van der Waals surface area contributed by atoms with Gasteiger partial charge in [0.15, 0.2) is 5.75 Å². The normalized spacial score (nSPS) is 27.6. The molecule has 1 spiro atoms. The average Bonchev–Trinajstić information content (AvgIpc) is 3.09. The van der Waals surface area contributed by atoms with Gasteiger partial charge in [-0.05, 0) is 55.6 Å². The van der Waals surface area contributed by atoms with Gasteiger partial charge in [-0.25, -0.2) is 8.42 Å². The second kappa shape index (κ2) is 8.44. The van der Waals surface area contributed by atoms with Crippen LogP contribution >= 0.6 is 0 Å². The third kappa shape index (κ3) is 3.23. The van der Waals surface area contributed by atoms with Gasteiger partial charge in [0.2, 0.25) is 10.0 Å². The summed E-state index contributed by atoms with van der Waals surface area (Å²) in [5, 5.41) is -0.0847. The van der Waals surface area contributed by atoms with Crippen molar-refractivity contribution in [2.45, 2.75) is 57.9 Å². The van der Waals surface area contributed by atoms with E-state index < -0.39 is 32.0 Å². The van der Waals surface area contributed by atoms with Gasteiger partial charge < -0.3 is 14.0 Å². The molecule has 1 aromatic carbocycles. The highest BCUT2D eigenvalue weighted by molar-refractivity contribution is 7.93. The number of hydrogen-bond acceptors (Lipinski definition) is 8. The Bertz CT molecular complexity index is 1650. The number of ketones is 1. The first-order valence-corrected chi connectivity index (χ1v) is 16.0. The molecule has 0 bridgehead atoms. The first-order valence-electron chi connectivity index (χ1n) is 13.1. The molecule has 208 valence electrons. The van der Waals surface area contributed by atoms with E-state index in [1.165, 1.54) is 7.11 Å². The molecule has 2 aromatic heterocycles. The molecule has 0 saturated heterocycles. The first kappa shape index (κ1) is 26.6. The number of hydrogen-bond donors (Lipinski definition) is 0. The molecule has 3 fully saturated rings. The molecule has 11 heteroatoms. The van der Waals surface area contributed by atoms with E-state index in [1.54, 1.807) is 31.5 Å². The van der Waals surface area contributed by atoms with Gasteiger partial charge in [0, 0.05) is 41.0 Å². The minimum atomic E-state index is -4.16. The van der Waals surface area contributed by atoms with Crippen LogP contribution < -0.4 is 9.47 Å². The summed E-state index contributed by atoms with van der Waals surface area (Å²) in [5.41, 5.74) is 1.19. The zero-order valence-electron chi connectivity index (χ0n) is 23.0. The van der Waals surface area contributed by atoms with Gasteiger partial charge >= 0.3 is 5.16 Å². The number of benzene rings is 1. The van der Waals surface area contributed by atoms with Crippen molar-refractivity contribution in [1.82, 2.24) is 13.9 Å². The maximum atomic E-state index is 14.4. The summed E-state index contributed by atoms with van der Waals surface area (Å²) < 4.78 is 54.5. The molecule has 0 radical (unpaired) electrons. The number of nitrogens with zero attached hydrogens (tertiary/aromatic N) is 3. The predicted octanol–water partition coefficient (Wildman–Crippen LogP) is 3.95. The molecule has 0 amide bonds. The smallest absolute Gasteiger partial charge is 0.338 e. The molecule has 2 heterocycles. The lowest BCUT2D eigenvalue weighted by Gasteiger charge is -2.37. The van der Waals surface area contributed by atoms with E-state index >= 15 is 0 Å². The molecule has 0 N–H and O–H groups in total. The molecule has 3 saturated carbocycles. The maximum absolute atomic E-state index is 14.4. The van der Waals surface area contributed by atoms with Gasteiger partial charge in [0.25, 0.3) is 0 Å². The fraction of sp³-hybridized carbons (Fsp3) is 0.536. The zero-order valence-corrected chi connectivity index (χ0v) is 24.7. The number of aryl methyl sites for hydroxylation is 1. The van der Waals surface area contributed by atoms with Gasteiger partial charge in [-0.2, -0.15) is 8.96 Å². The van der Waals surface area contributed by atoms with E-state index in [2.05, 4.69) is 9.97 Å². The molecule has 4 atom stereocenters. The van der Waals surface area contributed by atoms with Crippen LogP contribution in [-0.4, -0.2) is 52.7 Å². The summed E-state index contributed by atoms with van der Waals surface area (Å²) in [6.07, 6.45) is 3.92. The van der Waals surface area contributed by atoms with Crippen LogP contribution in [0.1, 0.15) is 49.9 Å². The number of carbonyl (C=O) groups excluding carboxylic acids is 1. The highest BCUT2D eigenvalue weighted by Gasteiger charge is 2.92. The standard InChI is InChI=1S/C28H33N3O6S2/c1-16-13-29-21(17(2)24(16)37-6)14-38(33)25-30-20-8-7-19(36-5)12-22(20)31(25)39(34,35)15-28-23(32)11-18-9-10-27(18,28)26(28,3)4/h7-8,12-13,18H,9-11,14-15H2,1-6H3/t18?,27?,28?,38-/m0/s1. The fourth-order valence-electron chi connectivity index (χ4n) is 8.08. The largest absolute Gasteiger partial charge is 0.609 e. The lowest BCUT2D eigenvalue weighted by molar-refractivity contribution is -0.123. The molecule has 3 aliphatic carbocycles. The number of methoxy groups -OCH3 is 2. The summed E-state index contributed by atoms with van der Waals surface area (Å²) in [5.74, 6) is 1.02. The molecular weight excluding hydrogens is 538 g/mol. The second-order valence-corrected chi connectivity index (χ2v) is 14.8. The number of Topliss-reactive ketones (excluding diaryl/α,β-unsaturated/α-hetero) is 1. The Morgan fingerprint density at radius 3 is 2.56 bits per heavy atom. The van der Waals surface area contributed by atoms with Gasteiger partial charge in [-0.15, -0.1) is 0 Å². The zero-order chi connectivity index (χ0) is 28.1. The van der Waals surface area contributed by atoms with Crippen LogP contribution in [0, 0.1) is 36.0 Å². The summed E-state index contributed by atoms with van der Waals surface area (Å²) in [4.78, 5) is 22.4. The lowest BCUT2D eigenvalue weighted by atomic mass is 9.66. The Morgan fingerprint density at radius 1 is 1.21 bits per heavy atom. The lowest BCUT2D eigenvalue weighted by Crippen LogP contribution is -2.34. The third-order valence-corrected chi connectivity index (χ3v) is 13.1. The number of rotatable bonds is 8. The number of pyridine rings is 1. The van der Waals surface area contributed by atoms with Gasteiger partial charge in [0.1, 0.15) is 17.3 Å². The maximum Gasteiger partial charge on any atom is 0.338 e. The van der Waals surface area contributed by atoms with Crippen molar-refractivity contribution in [3.05, 3.63) is 41.2 Å². The van der Waals surface area contributed by atoms with E-state index in [-0.39, 0.29) is 39.3 Å². The number of imidazole rings is 1. The SMILES string of the molecule is COc1ccc2nc([S@@+]([O-])Cc3ncc(C)c(OC)c3C)n(S(=O)(=O)CC34C(=O)CC5CCC53C4(C)C)c2c1. The Labute approximate surface area is 231 Å². The van der Waals surface area contributed by atoms with E-state index in [1.807, 2.05) is 27.7 Å². The Kier molecular flexibility index (Phi) is 5.75. The van der Waals surface area contributed by atoms with Crippen LogP contribution in [0.4, 0.5) is 0 Å². The Balaban J connectivity index is 1.46. The van der Waals surface area contributed by atoms with Crippen molar-refractivity contribution in [3.8, 4) is 11.5 Å². The number of fused-ring (bicyclic) bond motifs is 1. The van der Waals surface area contributed by atoms with E-state index in [4.69, 9.17) is 9.47 Å². The topological polar surface area (TPSA) is 123 Å². The summed E-state index contributed by atoms with van der Waals surface area (Å²) in [7, 11) is -1.09. The molecule has 9 nitrogen and oxygen atoms in total. The number of aromatic nitrogens is 3. The van der Waals surface area contributed by atoms with Gasteiger partial charge in [0.05, 0.1) is 42.1 Å². The van der Waals surface area contributed by atoms with Crippen molar-refractivity contribution in [3.63, 3.8) is 0 Å². The third-order valence-electron chi connectivity index (χ3n) is 10.1. The quantitative estimate of drug-likeness (QED) is 0.373. The average molecular weight is 572 g/mol. The van der Waals surface area contributed by atoms with Crippen LogP contribution in [0.15, 0.2) is 29.6 Å². The fourth-order valence-corrected chi connectivity index (χ4v) is 12.0. The summed E-state index contributed by atoms with van der Waals surface area (Å²) in [6, 6.07) is 4.93. The molecule has 3 aromatic rings. The van der Waals surface area contributed by atoms with E-state index in [0.717, 1.165) is 27.9 Å². The minimum Gasteiger partial charge on any atom is -0.609 e. The molecule has 3 aliphatic rings. The van der Waals surface area contributed by atoms with Crippen LogP contribution in [0.3, 0.4) is 0 Å². The molecular formula is C28H33N3O6S2. The predicted molar refractivity (Wildman–Crippen MR) is 147 cm³/mol. The van der Waals surface area contributed by atoms with Crippen molar-refractivity contribution in [2.24, 2.45) is 22.2 Å². The number of ether oxygens (including phenoxy) is 2. The summed E-state index contributed by atoms with van der Waals surface area (Å²) >= 11 is -1.87. The van der Waals surface area contributed by atoms with E-state index in [9.17, 15) is 17.8 Å². The van der Waals surface area contributed by atoms with Crippen LogP contribution in [0.25, 0.3) is 11.0 Å². The molecule has 0 aliphatic heterocycles. The van der Waals surface area contributed by atoms with Crippen molar-refractivity contribution >= 4 is 38.0 Å². The minimum absolute atomic E-state index is 0.0369.